The lowest BCUT2D eigenvalue weighted by Gasteiger charge is -2.18. The summed E-state index contributed by atoms with van der Waals surface area (Å²) in [6.45, 7) is 5.08. The molecule has 0 bridgehead atoms. The van der Waals surface area contributed by atoms with Crippen LogP contribution < -0.4 is 5.32 Å². The Morgan fingerprint density at radius 2 is 2.00 bits per heavy atom. The van der Waals surface area contributed by atoms with E-state index in [0.717, 1.165) is 12.2 Å². The smallest absolute Gasteiger partial charge is 0.0748 e. The lowest BCUT2D eigenvalue weighted by Crippen LogP contribution is -2.24. The summed E-state index contributed by atoms with van der Waals surface area (Å²) >= 11 is 0. The molecule has 0 spiro atoms. The van der Waals surface area contributed by atoms with Gasteiger partial charge >= 0.3 is 0 Å². The predicted octanol–water partition coefficient (Wildman–Crippen LogP) is 2.43. The number of hydrogen-bond acceptors (Lipinski definition) is 2. The Morgan fingerprint density at radius 3 is 2.53 bits per heavy atom. The van der Waals surface area contributed by atoms with Crippen molar-refractivity contribution in [2.75, 3.05) is 6.54 Å². The van der Waals surface area contributed by atoms with Crippen molar-refractivity contribution in [3.05, 3.63) is 53.3 Å². The minimum Gasteiger partial charge on any atom is -0.305 e. The largest absolute Gasteiger partial charge is 0.305 e. The van der Waals surface area contributed by atoms with Crippen molar-refractivity contribution in [2.45, 2.75) is 19.9 Å². The molecule has 0 saturated heterocycles. The first-order chi connectivity index (χ1) is 8.22. The van der Waals surface area contributed by atoms with E-state index < -0.39 is 0 Å². The van der Waals surface area contributed by atoms with Gasteiger partial charge in [-0.25, -0.2) is 0 Å². The third-order valence-electron chi connectivity index (χ3n) is 2.88. The van der Waals surface area contributed by atoms with E-state index in [-0.39, 0.29) is 6.04 Å². The Balaban J connectivity index is 2.39. The molecular formula is C14H19N3. The molecular weight excluding hydrogens is 210 g/mol. The molecule has 90 valence electrons. The van der Waals surface area contributed by atoms with Gasteiger partial charge in [-0.3, -0.25) is 4.68 Å². The maximum Gasteiger partial charge on any atom is 0.0748 e. The summed E-state index contributed by atoms with van der Waals surface area (Å²) in [4.78, 5) is 0. The van der Waals surface area contributed by atoms with Crippen molar-refractivity contribution >= 4 is 0 Å². The lowest BCUT2D eigenvalue weighted by atomic mass is 10.0. The number of hydrogen-bond donors (Lipinski definition) is 1. The molecule has 1 heterocycles. The fraction of sp³-hybridized carbons (Fsp3) is 0.357. The molecule has 1 aromatic heterocycles. The second-order valence-corrected chi connectivity index (χ2v) is 4.24. The van der Waals surface area contributed by atoms with Gasteiger partial charge in [0.1, 0.15) is 0 Å². The molecule has 1 aromatic carbocycles. The average Bonchev–Trinajstić information content (AvgIpc) is 2.66. The molecule has 3 heteroatoms. The van der Waals surface area contributed by atoms with Crippen LogP contribution in [0, 0.1) is 6.92 Å². The van der Waals surface area contributed by atoms with Crippen LogP contribution in [0.4, 0.5) is 0 Å². The topological polar surface area (TPSA) is 29.9 Å². The third kappa shape index (κ3) is 2.56. The maximum atomic E-state index is 4.42. The van der Waals surface area contributed by atoms with Gasteiger partial charge < -0.3 is 5.32 Å². The van der Waals surface area contributed by atoms with Gasteiger partial charge in [-0.05, 0) is 25.1 Å². The quantitative estimate of drug-likeness (QED) is 0.872. The Kier molecular flexibility index (Phi) is 3.59. The molecule has 17 heavy (non-hydrogen) atoms. The molecule has 0 saturated carbocycles. The Hall–Kier alpha value is -1.61. The molecule has 0 fully saturated rings. The Morgan fingerprint density at radius 1 is 1.29 bits per heavy atom. The van der Waals surface area contributed by atoms with Crippen LogP contribution in [0.5, 0.6) is 0 Å². The van der Waals surface area contributed by atoms with Gasteiger partial charge in [0.25, 0.3) is 0 Å². The van der Waals surface area contributed by atoms with E-state index in [9.17, 15) is 0 Å². The standard InChI is InChI=1S/C14H19N3/c1-4-15-14(12-8-6-5-7-9-12)13-10-11(2)16-17(13)3/h5-10,14-15H,4H2,1-3H3. The van der Waals surface area contributed by atoms with Crippen molar-refractivity contribution in [1.82, 2.24) is 15.1 Å². The highest BCUT2D eigenvalue weighted by molar-refractivity contribution is 5.28. The summed E-state index contributed by atoms with van der Waals surface area (Å²) in [5, 5.41) is 7.92. The lowest BCUT2D eigenvalue weighted by molar-refractivity contribution is 0.572. The minimum atomic E-state index is 0.215. The minimum absolute atomic E-state index is 0.215. The van der Waals surface area contributed by atoms with Crippen molar-refractivity contribution < 1.29 is 0 Å². The molecule has 0 aliphatic heterocycles. The number of aryl methyl sites for hydroxylation is 2. The van der Waals surface area contributed by atoms with Gasteiger partial charge in [0.2, 0.25) is 0 Å². The summed E-state index contributed by atoms with van der Waals surface area (Å²) in [6.07, 6.45) is 0. The van der Waals surface area contributed by atoms with E-state index in [2.05, 4.69) is 47.7 Å². The van der Waals surface area contributed by atoms with Crippen molar-refractivity contribution in [3.8, 4) is 0 Å². The molecule has 0 aliphatic carbocycles. The maximum absolute atomic E-state index is 4.42. The van der Waals surface area contributed by atoms with Crippen LogP contribution in [0.2, 0.25) is 0 Å². The van der Waals surface area contributed by atoms with Crippen LogP contribution in [-0.2, 0) is 7.05 Å². The molecule has 2 aromatic rings. The zero-order chi connectivity index (χ0) is 12.3. The van der Waals surface area contributed by atoms with Gasteiger partial charge in [-0.1, -0.05) is 37.3 Å². The monoisotopic (exact) mass is 229 g/mol. The van der Waals surface area contributed by atoms with Gasteiger partial charge in [0.15, 0.2) is 0 Å². The SMILES string of the molecule is CCNC(c1ccccc1)c1cc(C)nn1C. The first-order valence-corrected chi connectivity index (χ1v) is 6.01. The second kappa shape index (κ2) is 5.15. The molecule has 3 nitrogen and oxygen atoms in total. The van der Waals surface area contributed by atoms with Gasteiger partial charge in [-0.15, -0.1) is 0 Å². The second-order valence-electron chi connectivity index (χ2n) is 4.24. The van der Waals surface area contributed by atoms with Gasteiger partial charge in [0, 0.05) is 7.05 Å². The van der Waals surface area contributed by atoms with Crippen LogP contribution in [0.3, 0.4) is 0 Å². The van der Waals surface area contributed by atoms with E-state index in [0.29, 0.717) is 0 Å². The number of benzene rings is 1. The summed E-state index contributed by atoms with van der Waals surface area (Å²) in [7, 11) is 2.00. The van der Waals surface area contributed by atoms with Crippen LogP contribution in [0.25, 0.3) is 0 Å². The zero-order valence-corrected chi connectivity index (χ0v) is 10.6. The van der Waals surface area contributed by atoms with Gasteiger partial charge in [0.05, 0.1) is 17.4 Å². The van der Waals surface area contributed by atoms with Crippen LogP contribution in [-0.4, -0.2) is 16.3 Å². The van der Waals surface area contributed by atoms with Crippen molar-refractivity contribution in [3.63, 3.8) is 0 Å². The Labute approximate surface area is 102 Å². The first kappa shape index (κ1) is 11.9. The van der Waals surface area contributed by atoms with Gasteiger partial charge in [-0.2, -0.15) is 5.10 Å². The predicted molar refractivity (Wildman–Crippen MR) is 69.9 cm³/mol. The summed E-state index contributed by atoms with van der Waals surface area (Å²) in [6, 6.07) is 12.8. The van der Waals surface area contributed by atoms with E-state index in [1.165, 1.54) is 11.3 Å². The molecule has 1 unspecified atom stereocenters. The summed E-state index contributed by atoms with van der Waals surface area (Å²) in [5.41, 5.74) is 3.54. The third-order valence-corrected chi connectivity index (χ3v) is 2.88. The number of nitrogens with zero attached hydrogens (tertiary/aromatic N) is 2. The number of rotatable bonds is 4. The van der Waals surface area contributed by atoms with Crippen molar-refractivity contribution in [2.24, 2.45) is 7.05 Å². The fourth-order valence-electron chi connectivity index (χ4n) is 2.14. The van der Waals surface area contributed by atoms with Crippen LogP contribution in [0.1, 0.15) is 29.9 Å². The highest BCUT2D eigenvalue weighted by Gasteiger charge is 2.16. The summed E-state index contributed by atoms with van der Waals surface area (Å²) < 4.78 is 1.95. The molecule has 1 N–H and O–H groups in total. The summed E-state index contributed by atoms with van der Waals surface area (Å²) in [5.74, 6) is 0. The first-order valence-electron chi connectivity index (χ1n) is 6.01. The Bertz CT molecular complexity index is 473. The molecule has 2 rings (SSSR count). The molecule has 0 radical (unpaired) electrons. The highest BCUT2D eigenvalue weighted by atomic mass is 15.3. The normalized spacial score (nSPS) is 12.6. The number of nitrogens with one attached hydrogen (secondary N) is 1. The highest BCUT2D eigenvalue weighted by Crippen LogP contribution is 2.21. The van der Waals surface area contributed by atoms with E-state index in [4.69, 9.17) is 0 Å². The zero-order valence-electron chi connectivity index (χ0n) is 10.6. The van der Waals surface area contributed by atoms with E-state index in [1.54, 1.807) is 0 Å². The van der Waals surface area contributed by atoms with E-state index >= 15 is 0 Å². The van der Waals surface area contributed by atoms with Crippen molar-refractivity contribution in [1.29, 1.82) is 0 Å². The van der Waals surface area contributed by atoms with Crippen LogP contribution in [0.15, 0.2) is 36.4 Å². The average molecular weight is 229 g/mol. The van der Waals surface area contributed by atoms with Crippen LogP contribution >= 0.6 is 0 Å². The molecule has 0 aliphatic rings. The molecule has 1 atom stereocenters. The fourth-order valence-corrected chi connectivity index (χ4v) is 2.14. The number of aromatic nitrogens is 2. The van der Waals surface area contributed by atoms with E-state index in [1.807, 2.05) is 24.7 Å². The molecule has 0 amide bonds.